The third kappa shape index (κ3) is 7.03. The van der Waals surface area contributed by atoms with Crippen molar-refractivity contribution in [3.63, 3.8) is 0 Å². The summed E-state index contributed by atoms with van der Waals surface area (Å²) in [7, 11) is 1.47. The van der Waals surface area contributed by atoms with Gasteiger partial charge in [-0.3, -0.25) is 10.1 Å². The van der Waals surface area contributed by atoms with Crippen LogP contribution in [-0.4, -0.2) is 64.5 Å². The second kappa shape index (κ2) is 9.89. The molecule has 0 unspecified atom stereocenters. The number of thioether (sulfide) groups is 1. The molecule has 0 fully saturated rings. The molecule has 0 radical (unpaired) electrons. The van der Waals surface area contributed by atoms with Crippen molar-refractivity contribution in [1.29, 1.82) is 0 Å². The van der Waals surface area contributed by atoms with Gasteiger partial charge in [-0.25, -0.2) is 4.79 Å². The summed E-state index contributed by atoms with van der Waals surface area (Å²) in [6, 6.07) is 4.20. The lowest BCUT2D eigenvalue weighted by atomic mass is 10.3. The summed E-state index contributed by atoms with van der Waals surface area (Å²) in [6.07, 6.45) is -4.79. The zero-order valence-corrected chi connectivity index (χ0v) is 15.2. The highest BCUT2D eigenvalue weighted by molar-refractivity contribution is 7.99. The fourth-order valence-corrected chi connectivity index (χ4v) is 2.51. The van der Waals surface area contributed by atoms with Gasteiger partial charge in [-0.05, 0) is 34.7 Å². The second-order valence-electron chi connectivity index (χ2n) is 5.00. The van der Waals surface area contributed by atoms with E-state index in [1.165, 1.54) is 23.9 Å². The van der Waals surface area contributed by atoms with E-state index in [0.29, 0.717) is 12.3 Å². The molecule has 0 spiro atoms. The van der Waals surface area contributed by atoms with Gasteiger partial charge in [0.15, 0.2) is 0 Å². The smallest absolute Gasteiger partial charge is 0.406 e. The molecule has 0 atom stereocenters. The molecule has 1 aromatic carbocycles. The van der Waals surface area contributed by atoms with E-state index in [0.717, 1.165) is 23.9 Å². The zero-order valence-electron chi connectivity index (χ0n) is 14.4. The van der Waals surface area contributed by atoms with E-state index in [9.17, 15) is 22.8 Å². The van der Waals surface area contributed by atoms with Crippen LogP contribution in [0.1, 0.15) is 0 Å². The van der Waals surface area contributed by atoms with E-state index in [2.05, 4.69) is 30.9 Å². The third-order valence-electron chi connectivity index (χ3n) is 2.93. The van der Waals surface area contributed by atoms with Crippen LogP contribution in [0.15, 0.2) is 29.4 Å². The zero-order chi connectivity index (χ0) is 20.6. The van der Waals surface area contributed by atoms with Crippen LogP contribution in [0.3, 0.4) is 0 Å². The lowest BCUT2D eigenvalue weighted by Gasteiger charge is -2.09. The number of carbonyl (C=O) groups is 2. The molecule has 0 aliphatic rings. The Bertz CT molecular complexity index is 799. The Hall–Kier alpha value is -2.87. The number of rotatable bonds is 8. The fourth-order valence-electron chi connectivity index (χ4n) is 1.82. The molecule has 1 heterocycles. The quantitative estimate of drug-likeness (QED) is 0.482. The number of nitrogens with one attached hydrogen (secondary N) is 2. The first-order valence-electron chi connectivity index (χ1n) is 7.62. The summed E-state index contributed by atoms with van der Waals surface area (Å²) < 4.78 is 46.4. The summed E-state index contributed by atoms with van der Waals surface area (Å²) in [4.78, 5) is 23.2. The van der Waals surface area contributed by atoms with Gasteiger partial charge in [0.25, 0.3) is 0 Å². The number of nitrogens with zero attached hydrogens (tertiary/aromatic N) is 4. The van der Waals surface area contributed by atoms with Gasteiger partial charge in [0.2, 0.25) is 11.1 Å². The van der Waals surface area contributed by atoms with Crippen molar-refractivity contribution in [2.75, 3.05) is 26.0 Å². The summed E-state index contributed by atoms with van der Waals surface area (Å²) in [5.74, 6) is -1.13. The number of ether oxygens (including phenoxy) is 2. The van der Waals surface area contributed by atoms with E-state index in [1.54, 1.807) is 0 Å². The Balaban J connectivity index is 1.91. The predicted molar refractivity (Wildman–Crippen MR) is 90.0 cm³/mol. The molecule has 152 valence electrons. The highest BCUT2D eigenvalue weighted by Gasteiger charge is 2.31. The third-order valence-corrected chi connectivity index (χ3v) is 3.85. The lowest BCUT2D eigenvalue weighted by Crippen LogP contribution is -2.41. The Morgan fingerprint density at radius 3 is 2.61 bits per heavy atom. The van der Waals surface area contributed by atoms with Crippen LogP contribution in [-0.2, 0) is 9.53 Å². The molecule has 14 heteroatoms. The first-order valence-corrected chi connectivity index (χ1v) is 8.61. The molecule has 3 amide bonds. The molecule has 0 bridgehead atoms. The van der Waals surface area contributed by atoms with Crippen LogP contribution < -0.4 is 15.4 Å². The number of urea groups is 1. The van der Waals surface area contributed by atoms with Crippen molar-refractivity contribution < 1.29 is 32.2 Å². The van der Waals surface area contributed by atoms with Crippen LogP contribution in [0, 0.1) is 0 Å². The maximum atomic E-state index is 12.2. The maximum Gasteiger partial charge on any atom is 0.573 e. The van der Waals surface area contributed by atoms with Gasteiger partial charge in [0, 0.05) is 13.7 Å². The topological polar surface area (TPSA) is 120 Å². The molecule has 0 saturated carbocycles. The molecule has 2 N–H and O–H groups in total. The van der Waals surface area contributed by atoms with E-state index < -0.39 is 24.1 Å². The number of halogens is 3. The van der Waals surface area contributed by atoms with Crippen molar-refractivity contribution in [3.8, 4) is 11.4 Å². The van der Waals surface area contributed by atoms with Gasteiger partial charge in [-0.1, -0.05) is 11.8 Å². The number of imide groups is 1. The van der Waals surface area contributed by atoms with E-state index >= 15 is 0 Å². The van der Waals surface area contributed by atoms with Gasteiger partial charge in [0.1, 0.15) is 5.75 Å². The Morgan fingerprint density at radius 2 is 1.96 bits per heavy atom. The van der Waals surface area contributed by atoms with Crippen LogP contribution in [0.2, 0.25) is 0 Å². The molecule has 0 aliphatic carbocycles. The summed E-state index contributed by atoms with van der Waals surface area (Å²) in [5.41, 5.74) is 0.361. The SMILES string of the molecule is COCCNC(=O)NC(=O)CSc1nnnn1-c1ccc(OC(F)(F)F)cc1. The van der Waals surface area contributed by atoms with Gasteiger partial charge < -0.3 is 14.8 Å². The highest BCUT2D eigenvalue weighted by atomic mass is 32.2. The number of tetrazole rings is 1. The summed E-state index contributed by atoms with van der Waals surface area (Å²) in [6.45, 7) is 0.549. The molecule has 28 heavy (non-hydrogen) atoms. The van der Waals surface area contributed by atoms with Crippen molar-refractivity contribution in [1.82, 2.24) is 30.8 Å². The molecule has 10 nitrogen and oxygen atoms in total. The maximum absolute atomic E-state index is 12.2. The van der Waals surface area contributed by atoms with Gasteiger partial charge >= 0.3 is 12.4 Å². The number of methoxy groups -OCH3 is 1. The number of aromatic nitrogens is 4. The summed E-state index contributed by atoms with van der Waals surface area (Å²) >= 11 is 0.940. The first-order chi connectivity index (χ1) is 13.3. The molecule has 2 aromatic rings. The van der Waals surface area contributed by atoms with Gasteiger partial charge in [0.05, 0.1) is 18.0 Å². The Labute approximate surface area is 160 Å². The fraction of sp³-hybridized carbons (Fsp3) is 0.357. The number of carbonyl (C=O) groups excluding carboxylic acids is 2. The van der Waals surface area contributed by atoms with Gasteiger partial charge in [-0.2, -0.15) is 4.68 Å². The minimum absolute atomic E-state index is 0.159. The standard InChI is InChI=1S/C14H15F3N6O4S/c1-26-7-6-18-12(25)19-11(24)8-28-13-20-21-22-23(13)9-2-4-10(5-3-9)27-14(15,16)17/h2-5H,6-8H2,1H3,(H2,18,19,24,25). The van der Waals surface area contributed by atoms with E-state index in [-0.39, 0.29) is 17.5 Å². The molecular formula is C14H15F3N6O4S. The highest BCUT2D eigenvalue weighted by Crippen LogP contribution is 2.24. The lowest BCUT2D eigenvalue weighted by molar-refractivity contribution is -0.274. The van der Waals surface area contributed by atoms with Crippen molar-refractivity contribution in [2.45, 2.75) is 11.5 Å². The molecule has 0 saturated heterocycles. The van der Waals surface area contributed by atoms with Gasteiger partial charge in [-0.15, -0.1) is 18.3 Å². The first kappa shape index (κ1) is 21.4. The second-order valence-corrected chi connectivity index (χ2v) is 5.94. The average Bonchev–Trinajstić information content (AvgIpc) is 3.08. The molecule has 0 aliphatic heterocycles. The predicted octanol–water partition coefficient (Wildman–Crippen LogP) is 1.13. The monoisotopic (exact) mass is 420 g/mol. The largest absolute Gasteiger partial charge is 0.573 e. The number of hydrogen-bond acceptors (Lipinski definition) is 8. The molecule has 2 rings (SSSR count). The van der Waals surface area contributed by atoms with Crippen LogP contribution >= 0.6 is 11.8 Å². The number of alkyl halides is 3. The van der Waals surface area contributed by atoms with Crippen molar-refractivity contribution in [3.05, 3.63) is 24.3 Å². The van der Waals surface area contributed by atoms with Crippen LogP contribution in [0.4, 0.5) is 18.0 Å². The van der Waals surface area contributed by atoms with Crippen LogP contribution in [0.25, 0.3) is 5.69 Å². The molecule has 1 aromatic heterocycles. The normalized spacial score (nSPS) is 11.1. The minimum Gasteiger partial charge on any atom is -0.406 e. The van der Waals surface area contributed by atoms with Crippen molar-refractivity contribution in [2.24, 2.45) is 0 Å². The minimum atomic E-state index is -4.79. The van der Waals surface area contributed by atoms with E-state index in [4.69, 9.17) is 4.74 Å². The Morgan fingerprint density at radius 1 is 1.25 bits per heavy atom. The van der Waals surface area contributed by atoms with E-state index in [1.807, 2.05) is 0 Å². The number of benzene rings is 1. The summed E-state index contributed by atoms with van der Waals surface area (Å²) in [5, 5.41) is 15.7. The van der Waals surface area contributed by atoms with Crippen molar-refractivity contribution >= 4 is 23.7 Å². The number of hydrogen-bond donors (Lipinski definition) is 2. The average molecular weight is 420 g/mol. The Kier molecular flexibility index (Phi) is 7.57. The number of amides is 3. The van der Waals surface area contributed by atoms with Crippen LogP contribution in [0.5, 0.6) is 5.75 Å². The molecular weight excluding hydrogens is 405 g/mol.